The molecule has 0 spiro atoms. The topological polar surface area (TPSA) is 62.3 Å². The average Bonchev–Trinajstić information content (AvgIpc) is 2.73. The standard InChI is InChI=1S/C10H13N3O2.ClH/c1-2-9-12-8(7-11)10(15-9)13-3-5-14-6-4-13;/h2-6H2,1H3;1H. The number of aromatic nitrogens is 1. The number of hydrogen-bond acceptors (Lipinski definition) is 5. The molecule has 0 bridgehead atoms. The highest BCUT2D eigenvalue weighted by molar-refractivity contribution is 5.85. The largest absolute Gasteiger partial charge is 0.424 e. The van der Waals surface area contributed by atoms with Crippen molar-refractivity contribution < 1.29 is 9.15 Å². The molecule has 1 aromatic heterocycles. The third kappa shape index (κ3) is 2.46. The highest BCUT2D eigenvalue weighted by Gasteiger charge is 2.20. The van der Waals surface area contributed by atoms with Crippen LogP contribution in [0.15, 0.2) is 4.42 Å². The van der Waals surface area contributed by atoms with Gasteiger partial charge in [0.2, 0.25) is 11.6 Å². The Hall–Kier alpha value is -1.25. The molecule has 0 N–H and O–H groups in total. The van der Waals surface area contributed by atoms with E-state index in [1.165, 1.54) is 0 Å². The minimum absolute atomic E-state index is 0. The number of halogens is 1. The molecule has 2 rings (SSSR count). The summed E-state index contributed by atoms with van der Waals surface area (Å²) in [5.41, 5.74) is 0.383. The third-order valence-corrected chi connectivity index (χ3v) is 2.36. The zero-order chi connectivity index (χ0) is 10.7. The van der Waals surface area contributed by atoms with Gasteiger partial charge in [0.05, 0.1) is 13.2 Å². The maximum Gasteiger partial charge on any atom is 0.234 e. The Bertz CT molecular complexity index is 380. The fourth-order valence-corrected chi connectivity index (χ4v) is 1.56. The number of anilines is 1. The molecular formula is C10H14ClN3O2. The van der Waals surface area contributed by atoms with Gasteiger partial charge in [-0.25, -0.2) is 4.98 Å². The molecule has 0 amide bonds. The van der Waals surface area contributed by atoms with E-state index >= 15 is 0 Å². The van der Waals surface area contributed by atoms with Crippen molar-refractivity contribution in [2.75, 3.05) is 31.2 Å². The van der Waals surface area contributed by atoms with E-state index in [4.69, 9.17) is 14.4 Å². The summed E-state index contributed by atoms with van der Waals surface area (Å²) in [7, 11) is 0. The Kier molecular flexibility index (Phi) is 4.59. The van der Waals surface area contributed by atoms with E-state index in [-0.39, 0.29) is 12.4 Å². The number of ether oxygens (including phenoxy) is 1. The third-order valence-electron chi connectivity index (χ3n) is 2.36. The van der Waals surface area contributed by atoms with E-state index < -0.39 is 0 Å². The zero-order valence-electron chi connectivity index (χ0n) is 9.10. The van der Waals surface area contributed by atoms with Crippen molar-refractivity contribution in [2.45, 2.75) is 13.3 Å². The molecule has 5 nitrogen and oxygen atoms in total. The lowest BCUT2D eigenvalue weighted by Gasteiger charge is -2.25. The van der Waals surface area contributed by atoms with Crippen LogP contribution in [-0.4, -0.2) is 31.3 Å². The lowest BCUT2D eigenvalue weighted by Crippen LogP contribution is -2.36. The second-order valence-electron chi connectivity index (χ2n) is 3.33. The van der Waals surface area contributed by atoms with Crippen LogP contribution in [0.3, 0.4) is 0 Å². The van der Waals surface area contributed by atoms with E-state index in [0.29, 0.717) is 37.1 Å². The van der Waals surface area contributed by atoms with Gasteiger partial charge in [-0.15, -0.1) is 12.4 Å². The van der Waals surface area contributed by atoms with E-state index in [9.17, 15) is 0 Å². The quantitative estimate of drug-likeness (QED) is 0.785. The second-order valence-corrected chi connectivity index (χ2v) is 3.33. The van der Waals surface area contributed by atoms with Gasteiger partial charge in [-0.2, -0.15) is 5.26 Å². The normalized spacial score (nSPS) is 15.4. The monoisotopic (exact) mass is 243 g/mol. The summed E-state index contributed by atoms with van der Waals surface area (Å²) in [4.78, 5) is 6.12. The van der Waals surface area contributed by atoms with Gasteiger partial charge in [-0.3, -0.25) is 0 Å². The van der Waals surface area contributed by atoms with Gasteiger partial charge < -0.3 is 14.1 Å². The maximum absolute atomic E-state index is 8.93. The maximum atomic E-state index is 8.93. The number of nitriles is 1. The Labute approximate surface area is 100 Å². The predicted molar refractivity (Wildman–Crippen MR) is 60.9 cm³/mol. The SMILES string of the molecule is CCc1nc(C#N)c(N2CCOCC2)o1.Cl. The van der Waals surface area contributed by atoms with Crippen LogP contribution in [0.1, 0.15) is 18.5 Å². The second kappa shape index (κ2) is 5.73. The van der Waals surface area contributed by atoms with Crippen molar-refractivity contribution in [3.63, 3.8) is 0 Å². The molecule has 1 aliphatic heterocycles. The van der Waals surface area contributed by atoms with E-state index in [2.05, 4.69) is 11.1 Å². The first kappa shape index (κ1) is 12.8. The smallest absolute Gasteiger partial charge is 0.234 e. The van der Waals surface area contributed by atoms with Crippen LogP contribution in [0.5, 0.6) is 0 Å². The van der Waals surface area contributed by atoms with Crippen LogP contribution < -0.4 is 4.90 Å². The molecule has 88 valence electrons. The summed E-state index contributed by atoms with van der Waals surface area (Å²) in [5.74, 6) is 1.21. The van der Waals surface area contributed by atoms with Gasteiger partial charge >= 0.3 is 0 Å². The highest BCUT2D eigenvalue weighted by Crippen LogP contribution is 2.22. The molecule has 1 fully saturated rings. The van der Waals surface area contributed by atoms with Crippen LogP contribution in [-0.2, 0) is 11.2 Å². The first-order valence-corrected chi connectivity index (χ1v) is 5.07. The van der Waals surface area contributed by atoms with E-state index in [1.54, 1.807) is 0 Å². The van der Waals surface area contributed by atoms with Crippen LogP contribution in [0, 0.1) is 11.3 Å². The molecule has 16 heavy (non-hydrogen) atoms. The van der Waals surface area contributed by atoms with Gasteiger partial charge in [0.1, 0.15) is 6.07 Å². The van der Waals surface area contributed by atoms with Crippen molar-refractivity contribution >= 4 is 18.3 Å². The molecular weight excluding hydrogens is 230 g/mol. The van der Waals surface area contributed by atoms with Crippen molar-refractivity contribution in [1.29, 1.82) is 5.26 Å². The van der Waals surface area contributed by atoms with Crippen LogP contribution in [0.25, 0.3) is 0 Å². The summed E-state index contributed by atoms with van der Waals surface area (Å²) >= 11 is 0. The molecule has 1 aliphatic rings. The number of nitrogens with zero attached hydrogens (tertiary/aromatic N) is 3. The summed E-state index contributed by atoms with van der Waals surface area (Å²) in [6, 6.07) is 2.06. The number of oxazole rings is 1. The molecule has 1 saturated heterocycles. The predicted octanol–water partition coefficient (Wildman–Crippen LogP) is 1.37. The van der Waals surface area contributed by atoms with Gasteiger partial charge in [0.25, 0.3) is 0 Å². The Morgan fingerprint density at radius 1 is 1.44 bits per heavy atom. The minimum atomic E-state index is 0. The first-order chi connectivity index (χ1) is 7.35. The molecule has 0 atom stereocenters. The number of hydrogen-bond donors (Lipinski definition) is 0. The minimum Gasteiger partial charge on any atom is -0.424 e. The Morgan fingerprint density at radius 3 is 2.69 bits per heavy atom. The molecule has 1 aromatic rings. The summed E-state index contributed by atoms with van der Waals surface area (Å²) < 4.78 is 10.8. The van der Waals surface area contributed by atoms with Crippen LogP contribution in [0.4, 0.5) is 5.88 Å². The molecule has 0 radical (unpaired) electrons. The fourth-order valence-electron chi connectivity index (χ4n) is 1.56. The molecule has 6 heteroatoms. The number of morpholine rings is 1. The van der Waals surface area contributed by atoms with Crippen molar-refractivity contribution in [3.05, 3.63) is 11.6 Å². The Morgan fingerprint density at radius 2 is 2.12 bits per heavy atom. The Balaban J connectivity index is 0.00000128. The molecule has 0 unspecified atom stereocenters. The van der Waals surface area contributed by atoms with Gasteiger partial charge in [0, 0.05) is 19.5 Å². The summed E-state index contributed by atoms with van der Waals surface area (Å²) in [6.07, 6.45) is 0.707. The van der Waals surface area contributed by atoms with Crippen LogP contribution in [0.2, 0.25) is 0 Å². The molecule has 2 heterocycles. The lowest BCUT2D eigenvalue weighted by molar-refractivity contribution is 0.120. The highest BCUT2D eigenvalue weighted by atomic mass is 35.5. The van der Waals surface area contributed by atoms with Gasteiger partial charge in [0.15, 0.2) is 5.89 Å². The van der Waals surface area contributed by atoms with Crippen molar-refractivity contribution in [1.82, 2.24) is 4.98 Å². The van der Waals surface area contributed by atoms with Crippen LogP contribution >= 0.6 is 12.4 Å². The summed E-state index contributed by atoms with van der Waals surface area (Å²) in [6.45, 7) is 4.82. The van der Waals surface area contributed by atoms with E-state index in [1.807, 2.05) is 11.8 Å². The van der Waals surface area contributed by atoms with Gasteiger partial charge in [-0.05, 0) is 0 Å². The number of aryl methyl sites for hydroxylation is 1. The molecule has 0 saturated carbocycles. The number of rotatable bonds is 2. The van der Waals surface area contributed by atoms with Crippen molar-refractivity contribution in [2.24, 2.45) is 0 Å². The molecule has 0 aromatic carbocycles. The average molecular weight is 244 g/mol. The fraction of sp³-hybridized carbons (Fsp3) is 0.600. The summed E-state index contributed by atoms with van der Waals surface area (Å²) in [5, 5.41) is 8.93. The zero-order valence-corrected chi connectivity index (χ0v) is 9.92. The molecule has 0 aliphatic carbocycles. The lowest BCUT2D eigenvalue weighted by atomic mass is 10.4. The first-order valence-electron chi connectivity index (χ1n) is 5.07. The van der Waals surface area contributed by atoms with Gasteiger partial charge in [-0.1, -0.05) is 6.92 Å². The van der Waals surface area contributed by atoms with E-state index in [0.717, 1.165) is 13.1 Å². The van der Waals surface area contributed by atoms with Crippen molar-refractivity contribution in [3.8, 4) is 6.07 Å².